The molecule has 0 spiro atoms. The molecule has 0 saturated carbocycles. The monoisotopic (exact) mass is 508 g/mol. The Hall–Kier alpha value is -3.37. The van der Waals surface area contributed by atoms with Gasteiger partial charge in [0.15, 0.2) is 0 Å². The zero-order valence-electron chi connectivity index (χ0n) is 24.0. The first-order chi connectivity index (χ1) is 17.4. The minimum absolute atomic E-state index is 0.302. The molecule has 0 aliphatic rings. The van der Waals surface area contributed by atoms with E-state index >= 15 is 0 Å². The zero-order chi connectivity index (χ0) is 29.0. The second-order valence-corrected chi connectivity index (χ2v) is 9.00. The van der Waals surface area contributed by atoms with Crippen LogP contribution in [0.1, 0.15) is 40.5 Å². The van der Waals surface area contributed by atoms with E-state index in [1.54, 1.807) is 20.3 Å². The van der Waals surface area contributed by atoms with Crippen LogP contribution in [0.5, 0.6) is 0 Å². The first kappa shape index (κ1) is 35.8. The lowest BCUT2D eigenvalue weighted by molar-refractivity contribution is -0.104. The smallest absolute Gasteiger partial charge is 0.142 e. The van der Waals surface area contributed by atoms with Gasteiger partial charge in [0.1, 0.15) is 24.4 Å². The molecule has 0 aliphatic heterocycles. The fourth-order valence-corrected chi connectivity index (χ4v) is 2.77. The Morgan fingerprint density at radius 1 is 0.838 bits per heavy atom. The minimum Gasteiger partial charge on any atom is -0.497 e. The van der Waals surface area contributed by atoms with Crippen LogP contribution >= 0.6 is 0 Å². The number of hydrogen-bond acceptors (Lipinski definition) is 4. The SMILES string of the molecule is C=C(/C=C\C(=C)C(=C)/C(C)=C\C(=C)C(=C)/C=C(/OCCOC)C(=C)C(C)CCC(C)C)OC.C=CC=O. The molecular formula is C33H48O4. The van der Waals surface area contributed by atoms with Crippen molar-refractivity contribution < 1.29 is 19.0 Å². The molecule has 0 rings (SSSR count). The van der Waals surface area contributed by atoms with E-state index in [-0.39, 0.29) is 0 Å². The van der Waals surface area contributed by atoms with E-state index in [0.717, 1.165) is 52.0 Å². The molecule has 1 unspecified atom stereocenters. The molecule has 4 nitrogen and oxygen atoms in total. The third-order valence-electron chi connectivity index (χ3n) is 5.43. The average Bonchev–Trinajstić information content (AvgIpc) is 2.88. The third-order valence-corrected chi connectivity index (χ3v) is 5.43. The molecule has 0 heterocycles. The summed E-state index contributed by atoms with van der Waals surface area (Å²) in [6.45, 7) is 37.3. The normalized spacial score (nSPS) is 12.2. The van der Waals surface area contributed by atoms with E-state index in [2.05, 4.69) is 66.8 Å². The predicted octanol–water partition coefficient (Wildman–Crippen LogP) is 8.42. The molecule has 37 heavy (non-hydrogen) atoms. The molecule has 0 bridgehead atoms. The fourth-order valence-electron chi connectivity index (χ4n) is 2.77. The maximum atomic E-state index is 9.06. The van der Waals surface area contributed by atoms with Crippen LogP contribution in [0, 0.1) is 11.8 Å². The highest BCUT2D eigenvalue weighted by Gasteiger charge is 2.14. The van der Waals surface area contributed by atoms with Crippen LogP contribution in [-0.2, 0) is 19.0 Å². The number of carbonyl (C=O) groups is 1. The topological polar surface area (TPSA) is 44.8 Å². The summed E-state index contributed by atoms with van der Waals surface area (Å²) in [4.78, 5) is 9.06. The van der Waals surface area contributed by atoms with Gasteiger partial charge in [-0.1, -0.05) is 85.4 Å². The lowest BCUT2D eigenvalue weighted by Gasteiger charge is -2.20. The van der Waals surface area contributed by atoms with Gasteiger partial charge in [-0.15, -0.1) is 0 Å². The van der Waals surface area contributed by atoms with Gasteiger partial charge >= 0.3 is 0 Å². The molecule has 0 N–H and O–H groups in total. The lowest BCUT2D eigenvalue weighted by atomic mass is 9.91. The Morgan fingerprint density at radius 2 is 1.41 bits per heavy atom. The van der Waals surface area contributed by atoms with Crippen LogP contribution in [0.25, 0.3) is 0 Å². The van der Waals surface area contributed by atoms with Crippen molar-refractivity contribution in [2.75, 3.05) is 27.4 Å². The van der Waals surface area contributed by atoms with Gasteiger partial charge in [-0.2, -0.15) is 0 Å². The van der Waals surface area contributed by atoms with Crippen LogP contribution in [0.15, 0.2) is 121 Å². The van der Waals surface area contributed by atoms with Crippen molar-refractivity contribution in [2.45, 2.75) is 40.5 Å². The number of hydrogen-bond donors (Lipinski definition) is 0. The van der Waals surface area contributed by atoms with Gasteiger partial charge in [-0.25, -0.2) is 0 Å². The van der Waals surface area contributed by atoms with E-state index in [1.165, 1.54) is 6.08 Å². The lowest BCUT2D eigenvalue weighted by Crippen LogP contribution is -2.09. The molecule has 0 fully saturated rings. The van der Waals surface area contributed by atoms with Gasteiger partial charge in [0, 0.05) is 7.11 Å². The van der Waals surface area contributed by atoms with Gasteiger partial charge in [0.05, 0.1) is 13.7 Å². The van der Waals surface area contributed by atoms with Crippen molar-refractivity contribution in [3.8, 4) is 0 Å². The van der Waals surface area contributed by atoms with Gasteiger partial charge < -0.3 is 14.2 Å². The molecule has 0 aliphatic carbocycles. The highest BCUT2D eigenvalue weighted by molar-refractivity contribution is 5.63. The molecule has 0 amide bonds. The van der Waals surface area contributed by atoms with Crippen LogP contribution in [0.2, 0.25) is 0 Å². The summed E-state index contributed by atoms with van der Waals surface area (Å²) in [6.07, 6.45) is 11.5. The highest BCUT2D eigenvalue weighted by Crippen LogP contribution is 2.27. The predicted molar refractivity (Wildman–Crippen MR) is 160 cm³/mol. The van der Waals surface area contributed by atoms with Gasteiger partial charge in [0.2, 0.25) is 0 Å². The first-order valence-corrected chi connectivity index (χ1v) is 12.3. The standard InChI is InChI=1S/C30H44O3.C3H4O/c1-21(2)13-14-23(4)29(10)30(33-18-17-31-11)20-25(6)24(5)19-26(7)28(9)22(3)15-16-27(8)32-12;1-2-3-4/h15-16,19-21,23H,3,5-6,8-10,13-14,17-18H2,1-2,4,7,11-12H3;2-3H,1H2/b16-15-,26-19-,30-20+;. The van der Waals surface area contributed by atoms with E-state index in [0.29, 0.717) is 37.1 Å². The van der Waals surface area contributed by atoms with Crippen molar-refractivity contribution in [1.82, 2.24) is 0 Å². The molecule has 204 valence electrons. The van der Waals surface area contributed by atoms with Gasteiger partial charge in [0.25, 0.3) is 0 Å². The van der Waals surface area contributed by atoms with E-state index in [4.69, 9.17) is 19.0 Å². The first-order valence-electron chi connectivity index (χ1n) is 12.3. The highest BCUT2D eigenvalue weighted by atomic mass is 16.5. The van der Waals surface area contributed by atoms with Crippen LogP contribution < -0.4 is 0 Å². The molecule has 0 saturated heterocycles. The van der Waals surface area contributed by atoms with Crippen molar-refractivity contribution in [1.29, 1.82) is 0 Å². The summed E-state index contributed by atoms with van der Waals surface area (Å²) in [5, 5.41) is 0. The Bertz CT molecular complexity index is 916. The summed E-state index contributed by atoms with van der Waals surface area (Å²) in [5.74, 6) is 2.23. The number of allylic oxidation sites excluding steroid dienone is 11. The molecule has 1 atom stereocenters. The maximum Gasteiger partial charge on any atom is 0.142 e. The summed E-state index contributed by atoms with van der Waals surface area (Å²) < 4.78 is 16.2. The van der Waals surface area contributed by atoms with Crippen LogP contribution in [0.3, 0.4) is 0 Å². The third kappa shape index (κ3) is 16.8. The second kappa shape index (κ2) is 20.8. The largest absolute Gasteiger partial charge is 0.497 e. The Labute approximate surface area is 226 Å². The van der Waals surface area contributed by atoms with E-state index < -0.39 is 0 Å². The van der Waals surface area contributed by atoms with Gasteiger partial charge in [-0.05, 0) is 76.8 Å². The quantitative estimate of drug-likeness (QED) is 0.0613. The maximum absolute atomic E-state index is 9.06. The van der Waals surface area contributed by atoms with Crippen molar-refractivity contribution in [3.63, 3.8) is 0 Å². The fraction of sp³-hybridized carbons (Fsp3) is 0.364. The minimum atomic E-state index is 0.302. The van der Waals surface area contributed by atoms with Crippen molar-refractivity contribution in [3.05, 3.63) is 121 Å². The summed E-state index contributed by atoms with van der Waals surface area (Å²) >= 11 is 0. The Morgan fingerprint density at radius 3 is 1.89 bits per heavy atom. The number of methoxy groups -OCH3 is 2. The summed E-state index contributed by atoms with van der Waals surface area (Å²) in [7, 11) is 3.23. The van der Waals surface area contributed by atoms with E-state index in [1.807, 2.05) is 25.2 Å². The number of rotatable bonds is 18. The molecule has 0 aromatic heterocycles. The molecule has 0 radical (unpaired) electrons. The average molecular weight is 509 g/mol. The number of carbonyl (C=O) groups excluding carboxylic acids is 1. The van der Waals surface area contributed by atoms with E-state index in [9.17, 15) is 0 Å². The molecular weight excluding hydrogens is 460 g/mol. The van der Waals surface area contributed by atoms with Gasteiger partial charge in [-0.3, -0.25) is 4.79 Å². The Balaban J connectivity index is 0. The Kier molecular flexibility index (Phi) is 20.1. The summed E-state index contributed by atoms with van der Waals surface area (Å²) in [6, 6.07) is 0. The van der Waals surface area contributed by atoms with Crippen LogP contribution in [-0.4, -0.2) is 33.7 Å². The molecule has 0 aromatic carbocycles. The summed E-state index contributed by atoms with van der Waals surface area (Å²) in [5.41, 5.74) is 4.99. The number of aldehydes is 1. The van der Waals surface area contributed by atoms with Crippen LogP contribution in [0.4, 0.5) is 0 Å². The zero-order valence-corrected chi connectivity index (χ0v) is 24.0. The number of ether oxygens (including phenoxy) is 3. The molecule has 4 heteroatoms. The second-order valence-electron chi connectivity index (χ2n) is 9.00. The van der Waals surface area contributed by atoms with Crippen molar-refractivity contribution in [2.24, 2.45) is 11.8 Å². The van der Waals surface area contributed by atoms with Crippen molar-refractivity contribution >= 4 is 6.29 Å². The molecule has 0 aromatic rings.